The quantitative estimate of drug-likeness (QED) is 0.698. The molecule has 1 aromatic heterocycles. The molecule has 1 N–H and O–H groups in total. The van der Waals surface area contributed by atoms with Crippen LogP contribution in [-0.2, 0) is 0 Å². The average molecular weight is 249 g/mol. The summed E-state index contributed by atoms with van der Waals surface area (Å²) in [5, 5.41) is 21.2. The van der Waals surface area contributed by atoms with Crippen molar-refractivity contribution in [3.8, 4) is 6.07 Å². The molecule has 8 heteroatoms. The topological polar surface area (TPSA) is 102 Å². The van der Waals surface area contributed by atoms with Crippen LogP contribution in [0.3, 0.4) is 0 Å². The molecule has 1 aliphatic heterocycles. The van der Waals surface area contributed by atoms with Crippen LogP contribution < -0.4 is 0 Å². The molecule has 0 aliphatic carbocycles. The number of aromatic nitrogens is 2. The number of nitrogens with zero attached hydrogens (tertiary/aromatic N) is 5. The minimum absolute atomic E-state index is 0.285. The van der Waals surface area contributed by atoms with Gasteiger partial charge in [0.15, 0.2) is 0 Å². The second-order valence-electron chi connectivity index (χ2n) is 3.82. The van der Waals surface area contributed by atoms with Crippen LogP contribution in [0.25, 0.3) is 0 Å². The number of carbonyl (C=O) groups excluding carboxylic acids is 1. The fourth-order valence-corrected chi connectivity index (χ4v) is 1.72. The maximum Gasteiger partial charge on any atom is 0.407 e. The van der Waals surface area contributed by atoms with Gasteiger partial charge in [-0.3, -0.25) is 0 Å². The van der Waals surface area contributed by atoms with E-state index in [9.17, 15) is 9.59 Å². The molecule has 0 saturated carbocycles. The summed E-state index contributed by atoms with van der Waals surface area (Å²) < 4.78 is 1.09. The van der Waals surface area contributed by atoms with Crippen molar-refractivity contribution in [2.45, 2.75) is 0 Å². The SMILES string of the molecule is N#Cc1cnn(C(=O)N2CCN(C(=O)O)CC2)c1. The van der Waals surface area contributed by atoms with E-state index in [4.69, 9.17) is 10.4 Å². The number of carbonyl (C=O) groups is 2. The zero-order valence-corrected chi connectivity index (χ0v) is 9.48. The van der Waals surface area contributed by atoms with Gasteiger partial charge in [-0.2, -0.15) is 15.0 Å². The molecule has 18 heavy (non-hydrogen) atoms. The van der Waals surface area contributed by atoms with Gasteiger partial charge < -0.3 is 14.9 Å². The number of hydrogen-bond donors (Lipinski definition) is 1. The largest absolute Gasteiger partial charge is 0.465 e. The second-order valence-corrected chi connectivity index (χ2v) is 3.82. The highest BCUT2D eigenvalue weighted by Crippen LogP contribution is 2.05. The molecule has 1 aliphatic rings. The van der Waals surface area contributed by atoms with Crippen LogP contribution in [0.4, 0.5) is 9.59 Å². The molecule has 0 spiro atoms. The fourth-order valence-electron chi connectivity index (χ4n) is 1.72. The Morgan fingerprint density at radius 1 is 1.28 bits per heavy atom. The van der Waals surface area contributed by atoms with Gasteiger partial charge in [0.05, 0.1) is 18.0 Å². The molecule has 0 atom stereocenters. The second kappa shape index (κ2) is 4.75. The minimum Gasteiger partial charge on any atom is -0.465 e. The summed E-state index contributed by atoms with van der Waals surface area (Å²) >= 11 is 0. The molecule has 94 valence electrons. The lowest BCUT2D eigenvalue weighted by Gasteiger charge is -2.32. The fraction of sp³-hybridized carbons (Fsp3) is 0.400. The molecule has 8 nitrogen and oxygen atoms in total. The standard InChI is InChI=1S/C10H11N5O3/c11-5-8-6-12-15(7-8)9(16)13-1-3-14(4-2-13)10(17)18/h6-7H,1-4H2,(H,17,18). The van der Waals surface area contributed by atoms with Gasteiger partial charge in [-0.15, -0.1) is 0 Å². The Kier molecular flexibility index (Phi) is 3.14. The van der Waals surface area contributed by atoms with Crippen molar-refractivity contribution in [2.24, 2.45) is 0 Å². The highest BCUT2D eigenvalue weighted by atomic mass is 16.4. The molecule has 0 radical (unpaired) electrons. The summed E-state index contributed by atoms with van der Waals surface area (Å²) in [4.78, 5) is 25.4. The van der Waals surface area contributed by atoms with Crippen LogP contribution >= 0.6 is 0 Å². The van der Waals surface area contributed by atoms with E-state index in [1.54, 1.807) is 0 Å². The summed E-state index contributed by atoms with van der Waals surface area (Å²) in [6.07, 6.45) is 1.69. The summed E-state index contributed by atoms with van der Waals surface area (Å²) in [7, 11) is 0. The van der Waals surface area contributed by atoms with Gasteiger partial charge in [0, 0.05) is 26.2 Å². The average Bonchev–Trinajstić information content (AvgIpc) is 2.86. The Morgan fingerprint density at radius 3 is 2.39 bits per heavy atom. The maximum absolute atomic E-state index is 12.0. The van der Waals surface area contributed by atoms with Gasteiger partial charge in [0.2, 0.25) is 0 Å². The summed E-state index contributed by atoms with van der Waals surface area (Å²) in [6, 6.07) is 1.54. The third kappa shape index (κ3) is 2.24. The molecule has 2 rings (SSSR count). The Hall–Kier alpha value is -2.56. The summed E-state index contributed by atoms with van der Waals surface area (Å²) in [6.45, 7) is 1.22. The number of rotatable bonds is 0. The lowest BCUT2D eigenvalue weighted by molar-refractivity contribution is 0.111. The van der Waals surface area contributed by atoms with E-state index in [1.165, 1.54) is 22.2 Å². The Labute approximate surface area is 103 Å². The van der Waals surface area contributed by atoms with Crippen LogP contribution in [0.5, 0.6) is 0 Å². The van der Waals surface area contributed by atoms with E-state index in [0.29, 0.717) is 18.7 Å². The Balaban J connectivity index is 1.99. The van der Waals surface area contributed by atoms with Crippen molar-refractivity contribution in [2.75, 3.05) is 26.2 Å². The van der Waals surface area contributed by atoms with Crippen molar-refractivity contribution in [1.82, 2.24) is 19.6 Å². The molecule has 0 bridgehead atoms. The zero-order valence-electron chi connectivity index (χ0n) is 9.48. The monoisotopic (exact) mass is 249 g/mol. The first-order valence-corrected chi connectivity index (χ1v) is 5.33. The molecule has 2 amide bonds. The first-order valence-electron chi connectivity index (χ1n) is 5.33. The maximum atomic E-state index is 12.0. The van der Waals surface area contributed by atoms with E-state index in [1.807, 2.05) is 6.07 Å². The van der Waals surface area contributed by atoms with Gasteiger partial charge in [0.1, 0.15) is 6.07 Å². The van der Waals surface area contributed by atoms with E-state index in [0.717, 1.165) is 4.68 Å². The lowest BCUT2D eigenvalue weighted by Crippen LogP contribution is -2.51. The molecule has 0 aromatic carbocycles. The third-order valence-corrected chi connectivity index (χ3v) is 2.73. The predicted molar refractivity (Wildman–Crippen MR) is 58.9 cm³/mol. The van der Waals surface area contributed by atoms with Gasteiger partial charge in [0.25, 0.3) is 0 Å². The van der Waals surface area contributed by atoms with Crippen LogP contribution in [0.1, 0.15) is 5.56 Å². The first kappa shape index (κ1) is 11.9. The van der Waals surface area contributed by atoms with Crippen molar-refractivity contribution >= 4 is 12.1 Å². The Bertz CT molecular complexity index is 510. The van der Waals surface area contributed by atoms with Crippen LogP contribution in [0, 0.1) is 11.3 Å². The number of hydrogen-bond acceptors (Lipinski definition) is 4. The number of nitriles is 1. The molecule has 1 fully saturated rings. The molecule has 1 aromatic rings. The van der Waals surface area contributed by atoms with Gasteiger partial charge >= 0.3 is 12.1 Å². The van der Waals surface area contributed by atoms with E-state index in [-0.39, 0.29) is 19.1 Å². The van der Waals surface area contributed by atoms with E-state index < -0.39 is 6.09 Å². The zero-order chi connectivity index (χ0) is 13.1. The highest BCUT2D eigenvalue weighted by molar-refractivity contribution is 5.76. The molecular weight excluding hydrogens is 238 g/mol. The summed E-state index contributed by atoms with van der Waals surface area (Å²) in [5.74, 6) is 0. The van der Waals surface area contributed by atoms with Crippen molar-refractivity contribution in [3.05, 3.63) is 18.0 Å². The molecule has 2 heterocycles. The predicted octanol–water partition coefficient (Wildman–Crippen LogP) is 0.0185. The van der Waals surface area contributed by atoms with Crippen LogP contribution in [0.15, 0.2) is 12.4 Å². The highest BCUT2D eigenvalue weighted by Gasteiger charge is 2.24. The Morgan fingerprint density at radius 2 is 1.89 bits per heavy atom. The first-order chi connectivity index (χ1) is 8.61. The smallest absolute Gasteiger partial charge is 0.407 e. The van der Waals surface area contributed by atoms with Crippen molar-refractivity contribution in [1.29, 1.82) is 5.26 Å². The molecule has 0 unspecified atom stereocenters. The lowest BCUT2D eigenvalue weighted by atomic mass is 10.3. The number of piperazine rings is 1. The van der Waals surface area contributed by atoms with E-state index >= 15 is 0 Å². The number of amides is 2. The number of carboxylic acid groups (broad SMARTS) is 1. The van der Waals surface area contributed by atoms with Crippen LogP contribution in [0.2, 0.25) is 0 Å². The molecule has 1 saturated heterocycles. The normalized spacial score (nSPS) is 15.3. The van der Waals surface area contributed by atoms with Crippen molar-refractivity contribution < 1.29 is 14.7 Å². The van der Waals surface area contributed by atoms with Gasteiger partial charge in [-0.1, -0.05) is 0 Å². The van der Waals surface area contributed by atoms with Gasteiger partial charge in [-0.05, 0) is 0 Å². The van der Waals surface area contributed by atoms with Crippen molar-refractivity contribution in [3.63, 3.8) is 0 Å². The third-order valence-electron chi connectivity index (χ3n) is 2.73. The van der Waals surface area contributed by atoms with E-state index in [2.05, 4.69) is 5.10 Å². The van der Waals surface area contributed by atoms with Crippen LogP contribution in [-0.4, -0.2) is 63.0 Å². The summed E-state index contributed by atoms with van der Waals surface area (Å²) in [5.41, 5.74) is 0.313. The molecular formula is C10H11N5O3. The minimum atomic E-state index is -0.979. The van der Waals surface area contributed by atoms with Gasteiger partial charge in [-0.25, -0.2) is 9.59 Å².